The first kappa shape index (κ1) is 13.0. The summed E-state index contributed by atoms with van der Waals surface area (Å²) in [6.07, 6.45) is -0.114. The van der Waals surface area contributed by atoms with Crippen LogP contribution in [0.15, 0.2) is 0 Å². The van der Waals surface area contributed by atoms with E-state index in [0.29, 0.717) is 4.88 Å². The van der Waals surface area contributed by atoms with Gasteiger partial charge >= 0.3 is 11.9 Å². The number of nitrogens with two attached hydrogens (primary N) is 1. The molecule has 0 saturated carbocycles. The van der Waals surface area contributed by atoms with E-state index in [2.05, 4.69) is 9.47 Å². The van der Waals surface area contributed by atoms with Crippen LogP contribution in [0.3, 0.4) is 0 Å². The minimum Gasteiger partial charge on any atom is -0.469 e. The zero-order chi connectivity index (χ0) is 13.0. The van der Waals surface area contributed by atoms with Crippen LogP contribution in [0.5, 0.6) is 0 Å². The molecule has 7 heteroatoms. The third-order valence-corrected chi connectivity index (χ3v) is 3.06. The number of hydrogen-bond donors (Lipinski definition) is 1. The molecule has 17 heavy (non-hydrogen) atoms. The minimum absolute atomic E-state index is 0.0424. The molecule has 0 fully saturated rings. The summed E-state index contributed by atoms with van der Waals surface area (Å²) in [4.78, 5) is 23.1. The minimum atomic E-state index is -0.687. The van der Waals surface area contributed by atoms with E-state index in [1.54, 1.807) is 0 Å². The molecule has 0 atom stereocenters. The van der Waals surface area contributed by atoms with E-state index in [-0.39, 0.29) is 22.5 Å². The van der Waals surface area contributed by atoms with Gasteiger partial charge in [0.25, 0.3) is 0 Å². The van der Waals surface area contributed by atoms with Gasteiger partial charge in [-0.3, -0.25) is 4.79 Å². The smallest absolute Gasteiger partial charge is 0.340 e. The van der Waals surface area contributed by atoms with Gasteiger partial charge in [-0.1, -0.05) is 0 Å². The van der Waals surface area contributed by atoms with E-state index >= 15 is 0 Å². The molecule has 2 N–H and O–H groups in total. The molecule has 0 spiro atoms. The molecular weight excluding hydrogens is 244 g/mol. The number of rotatable bonds is 3. The number of carbonyl (C=O) groups is 2. The zero-order valence-electron chi connectivity index (χ0n) is 9.27. The van der Waals surface area contributed by atoms with E-state index in [4.69, 9.17) is 11.0 Å². The van der Waals surface area contributed by atoms with Crippen LogP contribution in [-0.2, 0) is 20.7 Å². The number of thiophene rings is 1. The Balaban J connectivity index is 3.26. The molecule has 0 aliphatic rings. The van der Waals surface area contributed by atoms with Gasteiger partial charge in [0.2, 0.25) is 0 Å². The molecule has 0 saturated heterocycles. The Morgan fingerprint density at radius 1 is 1.41 bits per heavy atom. The van der Waals surface area contributed by atoms with Gasteiger partial charge < -0.3 is 15.2 Å². The van der Waals surface area contributed by atoms with Crippen LogP contribution >= 0.6 is 11.3 Å². The lowest BCUT2D eigenvalue weighted by molar-refractivity contribution is -0.139. The van der Waals surface area contributed by atoms with Gasteiger partial charge in [-0.15, -0.1) is 11.3 Å². The predicted molar refractivity (Wildman–Crippen MR) is 60.5 cm³/mol. The third kappa shape index (κ3) is 2.54. The van der Waals surface area contributed by atoms with Gasteiger partial charge in [0.15, 0.2) is 0 Å². The summed E-state index contributed by atoms with van der Waals surface area (Å²) >= 11 is 1.01. The van der Waals surface area contributed by atoms with Crippen LogP contribution in [0.4, 0.5) is 5.00 Å². The van der Waals surface area contributed by atoms with Crippen molar-refractivity contribution in [1.29, 1.82) is 5.26 Å². The van der Waals surface area contributed by atoms with Crippen molar-refractivity contribution in [3.8, 4) is 6.07 Å². The molecule has 0 aliphatic carbocycles. The largest absolute Gasteiger partial charge is 0.469 e. The van der Waals surface area contributed by atoms with Crippen LogP contribution in [0.1, 0.15) is 20.8 Å². The lowest BCUT2D eigenvalue weighted by Gasteiger charge is -2.01. The molecule has 6 nitrogen and oxygen atoms in total. The molecule has 0 aromatic carbocycles. The second-order valence-electron chi connectivity index (χ2n) is 3.00. The molecule has 1 aromatic heterocycles. The van der Waals surface area contributed by atoms with Gasteiger partial charge in [-0.25, -0.2) is 4.79 Å². The van der Waals surface area contributed by atoms with Crippen molar-refractivity contribution in [3.63, 3.8) is 0 Å². The first-order chi connectivity index (χ1) is 8.04. The van der Waals surface area contributed by atoms with Crippen molar-refractivity contribution in [2.75, 3.05) is 20.0 Å². The number of hydrogen-bond acceptors (Lipinski definition) is 7. The van der Waals surface area contributed by atoms with E-state index in [9.17, 15) is 9.59 Å². The predicted octanol–water partition coefficient (Wildman–Crippen LogP) is 0.704. The maximum absolute atomic E-state index is 11.5. The summed E-state index contributed by atoms with van der Waals surface area (Å²) in [7, 11) is 2.43. The Bertz CT molecular complexity index is 501. The van der Waals surface area contributed by atoms with Crippen molar-refractivity contribution in [2.24, 2.45) is 0 Å². The van der Waals surface area contributed by atoms with Crippen molar-refractivity contribution in [1.82, 2.24) is 0 Å². The highest BCUT2D eigenvalue weighted by molar-refractivity contribution is 7.16. The van der Waals surface area contributed by atoms with Crippen LogP contribution in [0.25, 0.3) is 0 Å². The molecule has 1 rings (SSSR count). The second-order valence-corrected chi connectivity index (χ2v) is 4.13. The molecule has 0 bridgehead atoms. The number of ether oxygens (including phenoxy) is 2. The summed E-state index contributed by atoms with van der Waals surface area (Å²) in [5.41, 5.74) is 5.69. The monoisotopic (exact) mass is 254 g/mol. The highest BCUT2D eigenvalue weighted by Gasteiger charge is 2.24. The average molecular weight is 254 g/mol. The van der Waals surface area contributed by atoms with Gasteiger partial charge in [-0.2, -0.15) is 5.26 Å². The fourth-order valence-corrected chi connectivity index (χ4v) is 2.25. The normalized spacial score (nSPS) is 9.47. The quantitative estimate of drug-likeness (QED) is 0.796. The number of esters is 2. The molecule has 1 heterocycles. The Kier molecular flexibility index (Phi) is 4.06. The van der Waals surface area contributed by atoms with Gasteiger partial charge in [0.1, 0.15) is 16.6 Å². The molecular formula is C10H10N2O4S. The highest BCUT2D eigenvalue weighted by Crippen LogP contribution is 2.31. The molecule has 0 aliphatic heterocycles. The summed E-state index contributed by atoms with van der Waals surface area (Å²) in [5.74, 6) is -1.20. The maximum atomic E-state index is 11.5. The Hall–Kier alpha value is -2.07. The third-order valence-electron chi connectivity index (χ3n) is 2.04. The summed E-state index contributed by atoms with van der Waals surface area (Å²) in [6.45, 7) is 0. The van der Waals surface area contributed by atoms with Gasteiger partial charge in [0, 0.05) is 4.88 Å². The Morgan fingerprint density at radius 2 is 2.06 bits per heavy atom. The number of nitrogen functional groups attached to an aromatic ring is 1. The first-order valence-corrected chi connectivity index (χ1v) is 5.33. The highest BCUT2D eigenvalue weighted by atomic mass is 32.1. The van der Waals surface area contributed by atoms with Crippen molar-refractivity contribution < 1.29 is 19.1 Å². The molecule has 0 unspecified atom stereocenters. The fourth-order valence-electron chi connectivity index (χ4n) is 1.25. The SMILES string of the molecule is COC(=O)Cc1sc(N)c(C#N)c1C(=O)OC. The molecule has 90 valence electrons. The van der Waals surface area contributed by atoms with E-state index < -0.39 is 11.9 Å². The summed E-state index contributed by atoms with van der Waals surface area (Å²) in [5, 5.41) is 9.09. The van der Waals surface area contributed by atoms with Crippen LogP contribution in [-0.4, -0.2) is 26.2 Å². The summed E-state index contributed by atoms with van der Waals surface area (Å²) in [6, 6.07) is 1.82. The number of nitrogens with zero attached hydrogens (tertiary/aromatic N) is 1. The summed E-state index contributed by atoms with van der Waals surface area (Å²) < 4.78 is 9.05. The number of methoxy groups -OCH3 is 2. The van der Waals surface area contributed by atoms with Crippen molar-refractivity contribution in [3.05, 3.63) is 16.0 Å². The number of carbonyl (C=O) groups excluding carboxylic acids is 2. The lowest BCUT2D eigenvalue weighted by atomic mass is 10.1. The van der Waals surface area contributed by atoms with E-state index in [1.807, 2.05) is 6.07 Å². The Morgan fingerprint density at radius 3 is 2.53 bits per heavy atom. The number of nitriles is 1. The lowest BCUT2D eigenvalue weighted by Crippen LogP contribution is -2.10. The van der Waals surface area contributed by atoms with E-state index in [0.717, 1.165) is 11.3 Å². The first-order valence-electron chi connectivity index (χ1n) is 4.51. The molecule has 1 aromatic rings. The number of anilines is 1. The standard InChI is InChI=1S/C10H10N2O4S/c1-15-7(13)3-6-8(10(14)16-2)5(4-11)9(12)17-6/h3,12H2,1-2H3. The zero-order valence-corrected chi connectivity index (χ0v) is 10.1. The van der Waals surface area contributed by atoms with Crippen LogP contribution in [0, 0.1) is 11.3 Å². The topological polar surface area (TPSA) is 102 Å². The van der Waals surface area contributed by atoms with E-state index in [1.165, 1.54) is 14.2 Å². The molecule has 0 radical (unpaired) electrons. The van der Waals surface area contributed by atoms with Gasteiger partial charge in [-0.05, 0) is 0 Å². The fraction of sp³-hybridized carbons (Fsp3) is 0.300. The van der Waals surface area contributed by atoms with Crippen molar-refractivity contribution in [2.45, 2.75) is 6.42 Å². The maximum Gasteiger partial charge on any atom is 0.340 e. The van der Waals surface area contributed by atoms with Gasteiger partial charge in [0.05, 0.1) is 26.2 Å². The van der Waals surface area contributed by atoms with Crippen molar-refractivity contribution >= 4 is 28.3 Å². The second kappa shape index (κ2) is 5.32. The molecule has 0 amide bonds. The Labute approximate surface area is 102 Å². The average Bonchev–Trinajstić information content (AvgIpc) is 2.63. The van der Waals surface area contributed by atoms with Crippen LogP contribution < -0.4 is 5.73 Å². The van der Waals surface area contributed by atoms with Crippen LogP contribution in [0.2, 0.25) is 0 Å².